The van der Waals surface area contributed by atoms with Gasteiger partial charge in [0.25, 0.3) is 0 Å². The molecule has 0 radical (unpaired) electrons. The summed E-state index contributed by atoms with van der Waals surface area (Å²) in [4.78, 5) is 54.9. The maximum absolute atomic E-state index is 13.8. The third-order valence-corrected chi connectivity index (χ3v) is 7.35. The van der Waals surface area contributed by atoms with E-state index in [0.717, 1.165) is 10.1 Å². The van der Waals surface area contributed by atoms with Crippen LogP contribution in [0.5, 0.6) is 5.75 Å². The number of aromatic carboxylic acids is 1. The lowest BCUT2D eigenvalue weighted by atomic mass is 9.82. The Morgan fingerprint density at radius 3 is 2.45 bits per heavy atom. The van der Waals surface area contributed by atoms with Gasteiger partial charge in [0.2, 0.25) is 0 Å². The summed E-state index contributed by atoms with van der Waals surface area (Å²) in [5.74, 6) is -0.707. The van der Waals surface area contributed by atoms with E-state index in [9.17, 15) is 24.3 Å². The van der Waals surface area contributed by atoms with Gasteiger partial charge in [-0.05, 0) is 68.3 Å². The highest BCUT2D eigenvalue weighted by Gasteiger charge is 2.44. The van der Waals surface area contributed by atoms with Crippen molar-refractivity contribution in [2.75, 3.05) is 0 Å². The van der Waals surface area contributed by atoms with Crippen LogP contribution in [0.25, 0.3) is 16.8 Å². The fourth-order valence-corrected chi connectivity index (χ4v) is 5.44. The normalized spacial score (nSPS) is 16.4. The number of Topliss-reactive ketones (excluding diaryl/α,β-unsaturated/α-hetero) is 1. The number of carboxylic acids is 1. The average molecular weight is 561 g/mol. The molecule has 6 rings (SSSR count). The van der Waals surface area contributed by atoms with Crippen molar-refractivity contribution in [1.29, 1.82) is 0 Å². The fraction of sp³-hybridized carbons (Fsp3) is 0.207. The average Bonchev–Trinajstić information content (AvgIpc) is 3.17. The van der Waals surface area contributed by atoms with Crippen LogP contribution in [0.1, 0.15) is 53.1 Å². The Morgan fingerprint density at radius 1 is 1.05 bits per heavy atom. The van der Waals surface area contributed by atoms with Crippen molar-refractivity contribution < 1.29 is 19.4 Å². The number of rotatable bonds is 4. The number of halogens is 1. The van der Waals surface area contributed by atoms with E-state index in [1.165, 1.54) is 34.7 Å². The van der Waals surface area contributed by atoms with Gasteiger partial charge in [-0.15, -0.1) is 12.4 Å². The van der Waals surface area contributed by atoms with Gasteiger partial charge in [-0.2, -0.15) is 0 Å². The van der Waals surface area contributed by atoms with Crippen molar-refractivity contribution in [2.45, 2.75) is 39.0 Å². The first-order chi connectivity index (χ1) is 18.6. The number of nitrogens with zero attached hydrogens (tertiary/aromatic N) is 4. The van der Waals surface area contributed by atoms with Crippen molar-refractivity contribution in [3.8, 4) is 22.6 Å². The summed E-state index contributed by atoms with van der Waals surface area (Å²) >= 11 is 0. The first-order valence-corrected chi connectivity index (χ1v) is 12.4. The summed E-state index contributed by atoms with van der Waals surface area (Å²) in [6.07, 6.45) is 4.83. The second-order valence-corrected chi connectivity index (χ2v) is 10.1. The maximum atomic E-state index is 13.8. The molecule has 204 valence electrons. The summed E-state index contributed by atoms with van der Waals surface area (Å²) in [6.45, 7) is 5.43. The number of ketones is 1. The highest BCUT2D eigenvalue weighted by atomic mass is 35.5. The lowest BCUT2D eigenvalue weighted by Crippen LogP contribution is -2.46. The zero-order valence-corrected chi connectivity index (χ0v) is 22.6. The van der Waals surface area contributed by atoms with E-state index in [0.29, 0.717) is 33.7 Å². The first-order valence-electron chi connectivity index (χ1n) is 12.4. The summed E-state index contributed by atoms with van der Waals surface area (Å²) < 4.78 is 10.3. The van der Waals surface area contributed by atoms with Crippen LogP contribution < -0.4 is 16.1 Å². The minimum Gasteiger partial charge on any atom is -0.483 e. The van der Waals surface area contributed by atoms with Crippen molar-refractivity contribution in [3.63, 3.8) is 0 Å². The minimum absolute atomic E-state index is 0. The SMILES string of the molecule is CC(=O)c1ccc(-n2c(=O)n3n(c2=O)C2C(=CC3)C(C)(C)Oc3cc(-c4cnccc4C(=O)O)ccc32)cc1.Cl. The molecular formula is C29H25ClN4O6. The van der Waals surface area contributed by atoms with Gasteiger partial charge in [0.15, 0.2) is 5.78 Å². The van der Waals surface area contributed by atoms with Crippen molar-refractivity contribution in [2.24, 2.45) is 0 Å². The number of fused-ring (bicyclic) bond motifs is 5. The number of carbonyl (C=O) groups is 2. The molecule has 40 heavy (non-hydrogen) atoms. The van der Waals surface area contributed by atoms with E-state index in [2.05, 4.69) is 4.98 Å². The first kappa shape index (κ1) is 26.9. The molecule has 2 aliphatic heterocycles. The second-order valence-electron chi connectivity index (χ2n) is 10.1. The van der Waals surface area contributed by atoms with Crippen LogP contribution in [0, 0.1) is 0 Å². The summed E-state index contributed by atoms with van der Waals surface area (Å²) in [6, 6.07) is 12.5. The third kappa shape index (κ3) is 3.99. The molecule has 4 aromatic rings. The van der Waals surface area contributed by atoms with E-state index < -0.39 is 29.0 Å². The van der Waals surface area contributed by atoms with Crippen LogP contribution in [0.2, 0.25) is 0 Å². The van der Waals surface area contributed by atoms with Gasteiger partial charge in [-0.1, -0.05) is 18.2 Å². The number of ether oxygens (including phenoxy) is 1. The van der Waals surface area contributed by atoms with E-state index in [-0.39, 0.29) is 30.3 Å². The predicted molar refractivity (Wildman–Crippen MR) is 149 cm³/mol. The molecular weight excluding hydrogens is 536 g/mol. The molecule has 4 heterocycles. The van der Waals surface area contributed by atoms with Gasteiger partial charge in [0.1, 0.15) is 17.4 Å². The van der Waals surface area contributed by atoms with Gasteiger partial charge in [0, 0.05) is 29.1 Å². The number of hydrogen-bond donors (Lipinski definition) is 1. The van der Waals surface area contributed by atoms with Crippen molar-refractivity contribution in [1.82, 2.24) is 18.9 Å². The highest BCUT2D eigenvalue weighted by Crippen LogP contribution is 2.47. The smallest absolute Gasteiger partial charge is 0.352 e. The zero-order chi connectivity index (χ0) is 27.6. The van der Waals surface area contributed by atoms with E-state index in [4.69, 9.17) is 4.74 Å². The number of hydrogen-bond acceptors (Lipinski definition) is 6. The Labute approximate surface area is 234 Å². The predicted octanol–water partition coefficient (Wildman–Crippen LogP) is 3.89. The Bertz CT molecular complexity index is 1850. The molecule has 2 aromatic carbocycles. The van der Waals surface area contributed by atoms with Crippen LogP contribution in [-0.4, -0.2) is 41.4 Å². The molecule has 1 atom stereocenters. The van der Waals surface area contributed by atoms with Gasteiger partial charge < -0.3 is 9.84 Å². The molecule has 1 unspecified atom stereocenters. The van der Waals surface area contributed by atoms with E-state index in [1.54, 1.807) is 42.5 Å². The number of carboxylic acid groups (broad SMARTS) is 1. The third-order valence-electron chi connectivity index (χ3n) is 7.35. The topological polar surface area (TPSA) is 125 Å². The Morgan fingerprint density at radius 2 is 1.77 bits per heavy atom. The fourth-order valence-electron chi connectivity index (χ4n) is 5.44. The lowest BCUT2D eigenvalue weighted by Gasteiger charge is -2.42. The molecule has 11 heteroatoms. The molecule has 0 spiro atoms. The molecule has 1 N–H and O–H groups in total. The number of benzene rings is 2. The number of allylic oxidation sites excluding steroid dienone is 1. The van der Waals surface area contributed by atoms with Gasteiger partial charge in [-0.3, -0.25) is 9.78 Å². The standard InChI is InChI=1S/C29H24N4O6.ClH/c1-16(34)17-4-7-19(8-5-17)32-27(37)31-13-11-23-25(33(31)28(32)38)21-9-6-18(14-24(21)39-29(23,2)3)22-15-30-12-10-20(22)26(35)36;/h4-12,14-15,25H,13H2,1-3H3,(H,35,36);1H. The largest absolute Gasteiger partial charge is 0.483 e. The van der Waals surface area contributed by atoms with Crippen LogP contribution in [0.3, 0.4) is 0 Å². The molecule has 0 saturated heterocycles. The number of carbonyl (C=O) groups excluding carboxylic acids is 1. The summed E-state index contributed by atoms with van der Waals surface area (Å²) in [5, 5.41) is 9.65. The molecule has 0 bridgehead atoms. The van der Waals surface area contributed by atoms with Crippen LogP contribution in [0.4, 0.5) is 0 Å². The van der Waals surface area contributed by atoms with E-state index in [1.807, 2.05) is 19.9 Å². The van der Waals surface area contributed by atoms with Gasteiger partial charge in [0.05, 0.1) is 17.8 Å². The zero-order valence-electron chi connectivity index (χ0n) is 21.8. The van der Waals surface area contributed by atoms with Crippen molar-refractivity contribution >= 4 is 24.2 Å². The Kier molecular flexibility index (Phi) is 6.38. The number of aromatic nitrogens is 4. The van der Waals surface area contributed by atoms with Crippen LogP contribution >= 0.6 is 12.4 Å². The lowest BCUT2D eigenvalue weighted by molar-refractivity contribution is 0.0697. The maximum Gasteiger partial charge on any atom is 0.352 e. The highest BCUT2D eigenvalue weighted by molar-refractivity contribution is 5.96. The molecule has 10 nitrogen and oxygen atoms in total. The molecule has 0 fully saturated rings. The van der Waals surface area contributed by atoms with Gasteiger partial charge in [-0.25, -0.2) is 28.3 Å². The van der Waals surface area contributed by atoms with Gasteiger partial charge >= 0.3 is 17.3 Å². The van der Waals surface area contributed by atoms with Crippen molar-refractivity contribution in [3.05, 3.63) is 110 Å². The van der Waals surface area contributed by atoms with Crippen LogP contribution in [-0.2, 0) is 6.54 Å². The van der Waals surface area contributed by atoms with Crippen LogP contribution in [0.15, 0.2) is 82.2 Å². The molecule has 0 amide bonds. The Hall–Kier alpha value is -4.70. The summed E-state index contributed by atoms with van der Waals surface area (Å²) in [7, 11) is 0. The molecule has 2 aromatic heterocycles. The molecule has 0 aliphatic carbocycles. The monoisotopic (exact) mass is 560 g/mol. The van der Waals surface area contributed by atoms with E-state index >= 15 is 0 Å². The molecule has 0 saturated carbocycles. The number of pyridine rings is 1. The second kappa shape index (κ2) is 9.49. The molecule has 2 aliphatic rings. The summed E-state index contributed by atoms with van der Waals surface area (Å²) in [5.41, 5.74) is 1.68. The quantitative estimate of drug-likeness (QED) is 0.296. The minimum atomic E-state index is -1.07. The Balaban J connectivity index is 0.00000323.